The van der Waals surface area contributed by atoms with Crippen LogP contribution >= 0.6 is 0 Å². The molecule has 0 radical (unpaired) electrons. The molecule has 1 aliphatic rings. The Bertz CT molecular complexity index is 229. The number of hydrogen-bond donors (Lipinski definition) is 1. The second kappa shape index (κ2) is 7.63. The third-order valence-corrected chi connectivity index (χ3v) is 2.91. The fourth-order valence-corrected chi connectivity index (χ4v) is 2.06. The number of aliphatic carboxylic acids is 1. The number of carboxylic acid groups (broad SMARTS) is 1. The molecule has 5 heteroatoms. The highest BCUT2D eigenvalue weighted by Crippen LogP contribution is 2.13. The lowest BCUT2D eigenvalue weighted by Crippen LogP contribution is -2.41. The molecule has 0 amide bonds. The van der Waals surface area contributed by atoms with Crippen molar-refractivity contribution in [3.05, 3.63) is 0 Å². The summed E-state index contributed by atoms with van der Waals surface area (Å²) in [4.78, 5) is 12.9. The van der Waals surface area contributed by atoms with E-state index in [9.17, 15) is 4.79 Å². The highest BCUT2D eigenvalue weighted by atomic mass is 16.5. The van der Waals surface area contributed by atoms with Crippen LogP contribution < -0.4 is 0 Å². The van der Waals surface area contributed by atoms with Gasteiger partial charge in [-0.3, -0.25) is 0 Å². The van der Waals surface area contributed by atoms with E-state index < -0.39 is 12.1 Å². The number of likely N-dealkylation sites (N-methyl/N-ethyl adjacent to an activating group) is 1. The van der Waals surface area contributed by atoms with E-state index in [1.54, 1.807) is 6.92 Å². The molecule has 17 heavy (non-hydrogen) atoms. The monoisotopic (exact) mass is 245 g/mol. The number of rotatable bonds is 7. The molecule has 2 atom stereocenters. The maximum atomic E-state index is 10.9. The van der Waals surface area contributed by atoms with Gasteiger partial charge in [0, 0.05) is 26.3 Å². The van der Waals surface area contributed by atoms with E-state index in [1.807, 2.05) is 11.9 Å². The zero-order chi connectivity index (χ0) is 12.7. The fourth-order valence-electron chi connectivity index (χ4n) is 2.06. The summed E-state index contributed by atoms with van der Waals surface area (Å²) in [6, 6.07) is 0. The number of nitrogens with zero attached hydrogens (tertiary/aromatic N) is 1. The summed E-state index contributed by atoms with van der Waals surface area (Å²) in [5.74, 6) is -0.900. The summed E-state index contributed by atoms with van der Waals surface area (Å²) in [5.41, 5.74) is 0. The van der Waals surface area contributed by atoms with Gasteiger partial charge in [0.15, 0.2) is 6.10 Å². The molecular formula is C12H23NO4. The van der Waals surface area contributed by atoms with Gasteiger partial charge in [0.1, 0.15) is 0 Å². The summed E-state index contributed by atoms with van der Waals surface area (Å²) in [5, 5.41) is 8.98. The van der Waals surface area contributed by atoms with E-state index in [0.29, 0.717) is 13.2 Å². The molecule has 0 aromatic rings. The van der Waals surface area contributed by atoms with Crippen molar-refractivity contribution in [1.82, 2.24) is 4.90 Å². The minimum atomic E-state index is -0.900. The first kappa shape index (κ1) is 14.4. The van der Waals surface area contributed by atoms with Crippen molar-refractivity contribution in [2.45, 2.75) is 38.4 Å². The number of ether oxygens (including phenoxy) is 2. The molecule has 0 saturated carbocycles. The van der Waals surface area contributed by atoms with Gasteiger partial charge < -0.3 is 19.5 Å². The molecule has 1 rings (SSSR count). The van der Waals surface area contributed by atoms with Crippen molar-refractivity contribution in [2.24, 2.45) is 0 Å². The molecule has 0 aliphatic carbocycles. The van der Waals surface area contributed by atoms with E-state index in [4.69, 9.17) is 14.6 Å². The van der Waals surface area contributed by atoms with E-state index in [2.05, 4.69) is 0 Å². The summed E-state index contributed by atoms with van der Waals surface area (Å²) < 4.78 is 10.8. The van der Waals surface area contributed by atoms with Crippen LogP contribution in [0.1, 0.15) is 26.2 Å². The van der Waals surface area contributed by atoms with Gasteiger partial charge in [-0.2, -0.15) is 0 Å². The summed E-state index contributed by atoms with van der Waals surface area (Å²) in [7, 11) is 1.91. The van der Waals surface area contributed by atoms with E-state index in [0.717, 1.165) is 26.0 Å². The molecule has 0 aromatic heterocycles. The van der Waals surface area contributed by atoms with Crippen molar-refractivity contribution >= 4 is 5.97 Å². The lowest BCUT2D eigenvalue weighted by molar-refractivity contribution is -0.151. The highest BCUT2D eigenvalue weighted by molar-refractivity contribution is 5.72. The van der Waals surface area contributed by atoms with Gasteiger partial charge in [-0.15, -0.1) is 0 Å². The molecule has 1 heterocycles. The lowest BCUT2D eigenvalue weighted by Gasteiger charge is -2.28. The molecule has 5 nitrogen and oxygen atoms in total. The number of hydrogen-bond acceptors (Lipinski definition) is 4. The van der Waals surface area contributed by atoms with Crippen LogP contribution in [-0.4, -0.2) is 61.5 Å². The predicted molar refractivity (Wildman–Crippen MR) is 64.1 cm³/mol. The number of carboxylic acids is 1. The van der Waals surface area contributed by atoms with Gasteiger partial charge in [-0.05, 0) is 33.2 Å². The lowest BCUT2D eigenvalue weighted by atomic mass is 10.1. The van der Waals surface area contributed by atoms with Gasteiger partial charge in [0.05, 0.1) is 6.10 Å². The zero-order valence-electron chi connectivity index (χ0n) is 10.7. The molecule has 1 N–H and O–H groups in total. The summed E-state index contributed by atoms with van der Waals surface area (Å²) in [6.45, 7) is 4.23. The standard InChI is InChI=1S/C12H23NO4/c1-3-16-11(12(14)15)9-13(2)8-10-6-4-5-7-17-10/h10-11H,3-9H2,1-2H3,(H,14,15). The average molecular weight is 245 g/mol. The van der Waals surface area contributed by atoms with E-state index in [1.165, 1.54) is 6.42 Å². The maximum absolute atomic E-state index is 10.9. The molecule has 0 spiro atoms. The fraction of sp³-hybridized carbons (Fsp3) is 0.917. The van der Waals surface area contributed by atoms with Crippen LogP contribution in [0.25, 0.3) is 0 Å². The first-order valence-corrected chi connectivity index (χ1v) is 6.28. The largest absolute Gasteiger partial charge is 0.479 e. The minimum Gasteiger partial charge on any atom is -0.479 e. The van der Waals surface area contributed by atoms with Gasteiger partial charge in [-0.1, -0.05) is 0 Å². The van der Waals surface area contributed by atoms with Crippen LogP contribution in [0.15, 0.2) is 0 Å². The molecule has 1 fully saturated rings. The van der Waals surface area contributed by atoms with Crippen LogP contribution in [0.5, 0.6) is 0 Å². The van der Waals surface area contributed by atoms with Crippen molar-refractivity contribution < 1.29 is 19.4 Å². The van der Waals surface area contributed by atoms with Crippen molar-refractivity contribution in [2.75, 3.05) is 33.4 Å². The third kappa shape index (κ3) is 5.48. The second-order valence-electron chi connectivity index (χ2n) is 4.49. The Morgan fingerprint density at radius 2 is 2.35 bits per heavy atom. The quantitative estimate of drug-likeness (QED) is 0.724. The van der Waals surface area contributed by atoms with E-state index >= 15 is 0 Å². The van der Waals surface area contributed by atoms with E-state index in [-0.39, 0.29) is 6.10 Å². The molecule has 1 saturated heterocycles. The van der Waals surface area contributed by atoms with Gasteiger partial charge in [0.2, 0.25) is 0 Å². The molecule has 2 unspecified atom stereocenters. The molecule has 100 valence electrons. The molecule has 0 bridgehead atoms. The van der Waals surface area contributed by atoms with Crippen molar-refractivity contribution in [1.29, 1.82) is 0 Å². The summed E-state index contributed by atoms with van der Waals surface area (Å²) >= 11 is 0. The smallest absolute Gasteiger partial charge is 0.334 e. The third-order valence-electron chi connectivity index (χ3n) is 2.91. The summed E-state index contributed by atoms with van der Waals surface area (Å²) in [6.07, 6.45) is 2.90. The normalized spacial score (nSPS) is 22.6. The van der Waals surface area contributed by atoms with Crippen LogP contribution in [-0.2, 0) is 14.3 Å². The van der Waals surface area contributed by atoms with Crippen LogP contribution in [0.3, 0.4) is 0 Å². The molecule has 1 aliphatic heterocycles. The topological polar surface area (TPSA) is 59.0 Å². The van der Waals surface area contributed by atoms with Gasteiger partial charge in [0.25, 0.3) is 0 Å². The van der Waals surface area contributed by atoms with Crippen LogP contribution in [0.4, 0.5) is 0 Å². The Morgan fingerprint density at radius 3 is 2.88 bits per heavy atom. The molecular weight excluding hydrogens is 222 g/mol. The molecule has 0 aromatic carbocycles. The first-order valence-electron chi connectivity index (χ1n) is 6.28. The Labute approximate surface area is 103 Å². The second-order valence-corrected chi connectivity index (χ2v) is 4.49. The van der Waals surface area contributed by atoms with Gasteiger partial charge in [-0.25, -0.2) is 4.79 Å². The Balaban J connectivity index is 2.30. The van der Waals surface area contributed by atoms with Gasteiger partial charge >= 0.3 is 5.97 Å². The van der Waals surface area contributed by atoms with Crippen LogP contribution in [0, 0.1) is 0 Å². The van der Waals surface area contributed by atoms with Crippen molar-refractivity contribution in [3.8, 4) is 0 Å². The minimum absolute atomic E-state index is 0.241. The Hall–Kier alpha value is -0.650. The highest BCUT2D eigenvalue weighted by Gasteiger charge is 2.22. The maximum Gasteiger partial charge on any atom is 0.334 e. The first-order chi connectivity index (χ1) is 8.13. The Morgan fingerprint density at radius 1 is 1.59 bits per heavy atom. The SMILES string of the molecule is CCOC(CN(C)CC1CCCCO1)C(=O)O. The number of carbonyl (C=O) groups is 1. The Kier molecular flexibility index (Phi) is 6.47. The average Bonchev–Trinajstić information content (AvgIpc) is 2.29. The zero-order valence-corrected chi connectivity index (χ0v) is 10.7. The van der Waals surface area contributed by atoms with Crippen molar-refractivity contribution in [3.63, 3.8) is 0 Å². The predicted octanol–water partition coefficient (Wildman–Crippen LogP) is 0.977. The van der Waals surface area contributed by atoms with Crippen LogP contribution in [0.2, 0.25) is 0 Å².